The Morgan fingerprint density at radius 3 is 2.04 bits per heavy atom. The molecule has 1 heterocycles. The van der Waals surface area contributed by atoms with Gasteiger partial charge in [-0.15, -0.1) is 0 Å². The van der Waals surface area contributed by atoms with Crippen LogP contribution in [0.2, 0.25) is 0 Å². The molecular weight excluding hydrogens is 322 g/mol. The van der Waals surface area contributed by atoms with Crippen molar-refractivity contribution in [3.8, 4) is 11.1 Å². The number of carbonyl (C=O) groups excluding carboxylic acids is 1. The van der Waals surface area contributed by atoms with Gasteiger partial charge in [0.05, 0.1) is 11.7 Å². The molecule has 1 amide bonds. The highest BCUT2D eigenvalue weighted by atomic mass is 16.2. The first-order valence-electron chi connectivity index (χ1n) is 8.90. The number of nitrogens with zero attached hydrogens (tertiary/aromatic N) is 2. The number of hydrogen-bond acceptors (Lipinski definition) is 2. The highest BCUT2D eigenvalue weighted by Gasteiger charge is 2.30. The van der Waals surface area contributed by atoms with Gasteiger partial charge in [0.25, 0.3) is 5.91 Å². The summed E-state index contributed by atoms with van der Waals surface area (Å²) in [7, 11) is 1.82. The molecule has 0 radical (unpaired) electrons. The second-order valence-corrected chi connectivity index (χ2v) is 7.87. The quantitative estimate of drug-likeness (QED) is 0.756. The van der Waals surface area contributed by atoms with Gasteiger partial charge in [-0.3, -0.25) is 9.48 Å². The van der Waals surface area contributed by atoms with Crippen LogP contribution in [-0.2, 0) is 12.5 Å². The van der Waals surface area contributed by atoms with Gasteiger partial charge in [-0.2, -0.15) is 5.10 Å². The molecule has 26 heavy (non-hydrogen) atoms. The fraction of sp³-hybridized carbons (Fsp3) is 0.273. The topological polar surface area (TPSA) is 46.9 Å². The van der Waals surface area contributed by atoms with Crippen LogP contribution >= 0.6 is 0 Å². The van der Waals surface area contributed by atoms with Crippen molar-refractivity contribution in [1.29, 1.82) is 0 Å². The number of fused-ring (bicyclic) bond motifs is 3. The van der Waals surface area contributed by atoms with Crippen molar-refractivity contribution in [2.24, 2.45) is 7.05 Å². The maximum absolute atomic E-state index is 13.0. The Kier molecular flexibility index (Phi) is 3.72. The predicted molar refractivity (Wildman–Crippen MR) is 103 cm³/mol. The van der Waals surface area contributed by atoms with Gasteiger partial charge in [-0.25, -0.2) is 0 Å². The molecule has 0 saturated carbocycles. The SMILES string of the molecule is Cn1nc(C(C)(C)C)cc1C(=O)NC1c2ccccc2-c2ccccc21. The summed E-state index contributed by atoms with van der Waals surface area (Å²) in [6, 6.07) is 18.3. The number of aromatic nitrogens is 2. The molecule has 0 aliphatic heterocycles. The van der Waals surface area contributed by atoms with Gasteiger partial charge >= 0.3 is 0 Å². The Morgan fingerprint density at radius 1 is 1.00 bits per heavy atom. The van der Waals surface area contributed by atoms with Crippen molar-refractivity contribution in [3.63, 3.8) is 0 Å². The normalized spacial score (nSPS) is 13.4. The van der Waals surface area contributed by atoms with Gasteiger partial charge in [-0.05, 0) is 28.3 Å². The van der Waals surface area contributed by atoms with Crippen LogP contribution in [0.1, 0.15) is 54.1 Å². The zero-order valence-electron chi connectivity index (χ0n) is 15.6. The Labute approximate surface area is 153 Å². The van der Waals surface area contributed by atoms with Crippen LogP contribution in [0.25, 0.3) is 11.1 Å². The minimum absolute atomic E-state index is 0.0944. The zero-order chi connectivity index (χ0) is 18.5. The molecule has 4 rings (SSSR count). The molecule has 3 aromatic rings. The second-order valence-electron chi connectivity index (χ2n) is 7.87. The van der Waals surface area contributed by atoms with E-state index in [0.29, 0.717) is 5.69 Å². The van der Waals surface area contributed by atoms with Crippen molar-refractivity contribution in [1.82, 2.24) is 15.1 Å². The number of nitrogens with one attached hydrogen (secondary N) is 1. The number of amides is 1. The summed E-state index contributed by atoms with van der Waals surface area (Å²) in [5.74, 6) is -0.105. The third kappa shape index (κ3) is 2.62. The first-order chi connectivity index (χ1) is 12.4. The third-order valence-electron chi connectivity index (χ3n) is 4.99. The van der Waals surface area contributed by atoms with E-state index in [9.17, 15) is 4.79 Å². The molecule has 4 heteroatoms. The fourth-order valence-corrected chi connectivity index (χ4v) is 3.56. The van der Waals surface area contributed by atoms with E-state index in [1.165, 1.54) is 11.1 Å². The Balaban J connectivity index is 1.70. The highest BCUT2D eigenvalue weighted by molar-refractivity contribution is 5.94. The average molecular weight is 345 g/mol. The molecule has 0 spiro atoms. The van der Waals surface area contributed by atoms with Crippen LogP contribution in [0.3, 0.4) is 0 Å². The minimum Gasteiger partial charge on any atom is -0.340 e. The minimum atomic E-state index is -0.136. The highest BCUT2D eigenvalue weighted by Crippen LogP contribution is 2.43. The van der Waals surface area contributed by atoms with Crippen LogP contribution < -0.4 is 5.32 Å². The van der Waals surface area contributed by atoms with E-state index in [0.717, 1.165) is 16.8 Å². The van der Waals surface area contributed by atoms with Gasteiger partial charge < -0.3 is 5.32 Å². The smallest absolute Gasteiger partial charge is 0.270 e. The lowest BCUT2D eigenvalue weighted by Crippen LogP contribution is -2.29. The predicted octanol–water partition coefficient (Wildman–Crippen LogP) is 4.22. The number of benzene rings is 2. The molecule has 1 aliphatic carbocycles. The summed E-state index contributed by atoms with van der Waals surface area (Å²) < 4.78 is 1.67. The lowest BCUT2D eigenvalue weighted by Gasteiger charge is -2.16. The van der Waals surface area contributed by atoms with Gasteiger partial charge in [0.15, 0.2) is 0 Å². The number of hydrogen-bond donors (Lipinski definition) is 1. The Morgan fingerprint density at radius 2 is 1.54 bits per heavy atom. The lowest BCUT2D eigenvalue weighted by atomic mass is 9.92. The Bertz CT molecular complexity index is 949. The molecule has 1 N–H and O–H groups in total. The molecule has 2 aromatic carbocycles. The van der Waals surface area contributed by atoms with E-state index < -0.39 is 0 Å². The largest absolute Gasteiger partial charge is 0.340 e. The molecule has 132 valence electrons. The summed E-state index contributed by atoms with van der Waals surface area (Å²) in [6.45, 7) is 6.29. The first-order valence-corrected chi connectivity index (χ1v) is 8.90. The maximum atomic E-state index is 13.0. The monoisotopic (exact) mass is 345 g/mol. The maximum Gasteiger partial charge on any atom is 0.270 e. The van der Waals surface area contributed by atoms with Gasteiger partial charge in [0.1, 0.15) is 5.69 Å². The molecule has 0 fully saturated rings. The molecular formula is C22H23N3O. The van der Waals surface area contributed by atoms with Crippen LogP contribution in [0.4, 0.5) is 0 Å². The number of aryl methyl sites for hydroxylation is 1. The fourth-order valence-electron chi connectivity index (χ4n) is 3.56. The van der Waals surface area contributed by atoms with Gasteiger partial charge in [0.2, 0.25) is 0 Å². The molecule has 1 aromatic heterocycles. The van der Waals surface area contributed by atoms with Crippen molar-refractivity contribution in [2.75, 3.05) is 0 Å². The van der Waals surface area contributed by atoms with E-state index >= 15 is 0 Å². The molecule has 0 bridgehead atoms. The van der Waals surface area contributed by atoms with Crippen molar-refractivity contribution >= 4 is 5.91 Å². The van der Waals surface area contributed by atoms with E-state index in [1.807, 2.05) is 37.4 Å². The summed E-state index contributed by atoms with van der Waals surface area (Å²) in [5.41, 5.74) is 6.06. The summed E-state index contributed by atoms with van der Waals surface area (Å²) in [5, 5.41) is 7.74. The molecule has 0 unspecified atom stereocenters. The van der Waals surface area contributed by atoms with Crippen LogP contribution in [-0.4, -0.2) is 15.7 Å². The standard InChI is InChI=1S/C22H23N3O/c1-22(2,3)19-13-18(25(4)24-19)21(26)23-20-16-11-7-5-9-14(16)15-10-6-8-12-17(15)20/h5-13,20H,1-4H3,(H,23,26). The Hall–Kier alpha value is -2.88. The van der Waals surface area contributed by atoms with Gasteiger partial charge in [0, 0.05) is 12.5 Å². The average Bonchev–Trinajstić information content (AvgIpc) is 3.15. The lowest BCUT2D eigenvalue weighted by molar-refractivity contribution is 0.0934. The number of carbonyl (C=O) groups is 1. The molecule has 4 nitrogen and oxygen atoms in total. The second kappa shape index (κ2) is 5.84. The summed E-state index contributed by atoms with van der Waals surface area (Å²) in [4.78, 5) is 13.0. The van der Waals surface area contributed by atoms with Crippen molar-refractivity contribution < 1.29 is 4.79 Å². The first kappa shape index (κ1) is 16.6. The van der Waals surface area contributed by atoms with E-state index in [-0.39, 0.29) is 17.4 Å². The number of rotatable bonds is 2. The van der Waals surface area contributed by atoms with Gasteiger partial charge in [-0.1, -0.05) is 69.3 Å². The van der Waals surface area contributed by atoms with Crippen molar-refractivity contribution in [2.45, 2.75) is 32.2 Å². The van der Waals surface area contributed by atoms with Crippen LogP contribution in [0.15, 0.2) is 54.6 Å². The summed E-state index contributed by atoms with van der Waals surface area (Å²) in [6.07, 6.45) is 0. The zero-order valence-corrected chi connectivity index (χ0v) is 15.6. The van der Waals surface area contributed by atoms with Crippen LogP contribution in [0.5, 0.6) is 0 Å². The van der Waals surface area contributed by atoms with E-state index in [4.69, 9.17) is 0 Å². The third-order valence-corrected chi connectivity index (χ3v) is 4.99. The van der Waals surface area contributed by atoms with Crippen LogP contribution in [0, 0.1) is 0 Å². The van der Waals surface area contributed by atoms with Crippen molar-refractivity contribution in [3.05, 3.63) is 77.1 Å². The van der Waals surface area contributed by atoms with E-state index in [1.54, 1.807) is 4.68 Å². The summed E-state index contributed by atoms with van der Waals surface area (Å²) >= 11 is 0. The molecule has 0 saturated heterocycles. The molecule has 0 atom stereocenters. The van der Waals surface area contributed by atoms with E-state index in [2.05, 4.69) is 55.5 Å². The molecule has 1 aliphatic rings.